The zero-order chi connectivity index (χ0) is 24.1. The molecule has 0 radical (unpaired) electrons. The molecule has 1 aliphatic rings. The molecule has 2 aromatic rings. The SMILES string of the molecule is C/C=C\C.CCNCCN(CC)Cn1cnc(CN(C)[C@H]2CCCc3cccnc32)c1CO. The predicted octanol–water partition coefficient (Wildman–Crippen LogP) is 3.75. The van der Waals surface area contributed by atoms with Gasteiger partial charge < -0.3 is 15.0 Å². The van der Waals surface area contributed by atoms with Gasteiger partial charge >= 0.3 is 0 Å². The number of nitrogens with zero attached hydrogens (tertiary/aromatic N) is 5. The molecule has 0 aliphatic heterocycles. The molecule has 0 fully saturated rings. The van der Waals surface area contributed by atoms with Gasteiger partial charge in [0.25, 0.3) is 0 Å². The molecule has 7 heteroatoms. The number of allylic oxidation sites excluding steroid dienone is 2. The predicted molar refractivity (Wildman–Crippen MR) is 136 cm³/mol. The van der Waals surface area contributed by atoms with E-state index < -0.39 is 0 Å². The molecule has 33 heavy (non-hydrogen) atoms. The summed E-state index contributed by atoms with van der Waals surface area (Å²) in [6, 6.07) is 4.54. The molecule has 2 aromatic heterocycles. The smallest absolute Gasteiger partial charge is 0.0964 e. The molecule has 0 amide bonds. The lowest BCUT2D eigenvalue weighted by Gasteiger charge is -2.32. The Hall–Kier alpha value is -2.06. The minimum Gasteiger partial charge on any atom is -0.390 e. The quantitative estimate of drug-likeness (QED) is 0.396. The van der Waals surface area contributed by atoms with Crippen LogP contribution in [0.15, 0.2) is 36.8 Å². The minimum absolute atomic E-state index is 0.00738. The first-order valence-corrected chi connectivity index (χ1v) is 12.4. The molecular weight excluding hydrogens is 412 g/mol. The number of imidazole rings is 1. The molecular formula is C26H44N6O. The van der Waals surface area contributed by atoms with Crippen LogP contribution in [0.25, 0.3) is 0 Å². The molecule has 2 N–H and O–H groups in total. The average Bonchev–Trinajstić information content (AvgIpc) is 3.23. The van der Waals surface area contributed by atoms with Crippen molar-refractivity contribution in [2.75, 3.05) is 33.2 Å². The number of likely N-dealkylation sites (N-methyl/N-ethyl adjacent to an activating group) is 2. The molecule has 0 spiro atoms. The monoisotopic (exact) mass is 456 g/mol. The largest absolute Gasteiger partial charge is 0.390 e. The summed E-state index contributed by atoms with van der Waals surface area (Å²) in [6.07, 6.45) is 11.2. The minimum atomic E-state index is 0.00738. The van der Waals surface area contributed by atoms with Gasteiger partial charge in [-0.05, 0) is 64.9 Å². The number of aliphatic hydroxyl groups excluding tert-OH is 1. The van der Waals surface area contributed by atoms with Crippen LogP contribution in [0.2, 0.25) is 0 Å². The molecule has 1 aliphatic carbocycles. The first-order chi connectivity index (χ1) is 16.1. The number of aryl methyl sites for hydroxylation is 1. The molecule has 0 bridgehead atoms. The number of aromatic nitrogens is 3. The summed E-state index contributed by atoms with van der Waals surface area (Å²) in [4.78, 5) is 14.0. The van der Waals surface area contributed by atoms with E-state index in [1.54, 1.807) is 0 Å². The lowest BCUT2D eigenvalue weighted by molar-refractivity contribution is 0.197. The number of pyridine rings is 1. The number of hydrogen-bond acceptors (Lipinski definition) is 6. The lowest BCUT2D eigenvalue weighted by atomic mass is 9.91. The fraction of sp³-hybridized carbons (Fsp3) is 0.615. The van der Waals surface area contributed by atoms with E-state index in [9.17, 15) is 5.11 Å². The van der Waals surface area contributed by atoms with Crippen LogP contribution in [0.5, 0.6) is 0 Å². The van der Waals surface area contributed by atoms with Crippen LogP contribution < -0.4 is 5.32 Å². The van der Waals surface area contributed by atoms with Gasteiger partial charge in [-0.15, -0.1) is 0 Å². The Labute approximate surface area is 200 Å². The molecule has 0 unspecified atom stereocenters. The van der Waals surface area contributed by atoms with E-state index >= 15 is 0 Å². The van der Waals surface area contributed by atoms with Gasteiger partial charge in [0.2, 0.25) is 0 Å². The summed E-state index contributed by atoms with van der Waals surface area (Å²) in [7, 11) is 2.14. The number of nitrogens with one attached hydrogen (secondary N) is 1. The Kier molecular flexibility index (Phi) is 12.3. The topological polar surface area (TPSA) is 69.5 Å². The molecule has 184 valence electrons. The van der Waals surface area contributed by atoms with Gasteiger partial charge in [-0.2, -0.15) is 0 Å². The van der Waals surface area contributed by atoms with Gasteiger partial charge in [0.05, 0.1) is 42.7 Å². The van der Waals surface area contributed by atoms with Crippen LogP contribution in [-0.2, 0) is 26.2 Å². The summed E-state index contributed by atoms with van der Waals surface area (Å²) in [5.41, 5.74) is 4.44. The van der Waals surface area contributed by atoms with Crippen molar-refractivity contribution in [3.63, 3.8) is 0 Å². The van der Waals surface area contributed by atoms with Crippen molar-refractivity contribution in [2.24, 2.45) is 0 Å². The fourth-order valence-corrected chi connectivity index (χ4v) is 4.20. The number of hydrogen-bond donors (Lipinski definition) is 2. The van der Waals surface area contributed by atoms with Crippen LogP contribution in [-0.4, -0.2) is 62.7 Å². The molecule has 7 nitrogen and oxygen atoms in total. The van der Waals surface area contributed by atoms with Gasteiger partial charge in [-0.3, -0.25) is 14.8 Å². The second-order valence-electron chi connectivity index (χ2n) is 8.51. The highest BCUT2D eigenvalue weighted by Crippen LogP contribution is 2.32. The van der Waals surface area contributed by atoms with Gasteiger partial charge in [-0.25, -0.2) is 4.98 Å². The van der Waals surface area contributed by atoms with Crippen molar-refractivity contribution < 1.29 is 5.11 Å². The van der Waals surface area contributed by atoms with Crippen LogP contribution in [0.1, 0.15) is 69.2 Å². The third kappa shape index (κ3) is 8.03. The maximum atomic E-state index is 10.0. The van der Waals surface area contributed by atoms with Gasteiger partial charge in [0, 0.05) is 25.8 Å². The van der Waals surface area contributed by atoms with Crippen molar-refractivity contribution >= 4 is 0 Å². The van der Waals surface area contributed by atoms with E-state index in [4.69, 9.17) is 0 Å². The highest BCUT2D eigenvalue weighted by atomic mass is 16.3. The van der Waals surface area contributed by atoms with E-state index in [1.165, 1.54) is 17.7 Å². The normalized spacial score (nSPS) is 15.7. The first kappa shape index (κ1) is 27.2. The maximum Gasteiger partial charge on any atom is 0.0964 e. The molecule has 1 atom stereocenters. The fourth-order valence-electron chi connectivity index (χ4n) is 4.20. The van der Waals surface area contributed by atoms with Crippen molar-refractivity contribution in [1.29, 1.82) is 0 Å². The second kappa shape index (κ2) is 15.0. The van der Waals surface area contributed by atoms with Crippen LogP contribution >= 0.6 is 0 Å². The average molecular weight is 457 g/mol. The first-order valence-electron chi connectivity index (χ1n) is 12.4. The van der Waals surface area contributed by atoms with Gasteiger partial charge in [-0.1, -0.05) is 32.1 Å². The summed E-state index contributed by atoms with van der Waals surface area (Å²) >= 11 is 0. The van der Waals surface area contributed by atoms with Crippen molar-refractivity contribution in [2.45, 2.75) is 72.8 Å². The summed E-state index contributed by atoms with van der Waals surface area (Å²) in [5, 5.41) is 13.4. The zero-order valence-electron chi connectivity index (χ0n) is 21.3. The summed E-state index contributed by atoms with van der Waals surface area (Å²) in [6.45, 7) is 13.7. The van der Waals surface area contributed by atoms with Crippen LogP contribution in [0.4, 0.5) is 0 Å². The Morgan fingerprint density at radius 2 is 2.03 bits per heavy atom. The molecule has 3 rings (SSSR count). The summed E-state index contributed by atoms with van der Waals surface area (Å²) < 4.78 is 2.09. The molecule has 0 aromatic carbocycles. The van der Waals surface area contributed by atoms with Gasteiger partial charge in [0.15, 0.2) is 0 Å². The van der Waals surface area contributed by atoms with Crippen molar-refractivity contribution in [3.8, 4) is 0 Å². The van der Waals surface area contributed by atoms with Crippen molar-refractivity contribution in [3.05, 3.63) is 59.5 Å². The van der Waals surface area contributed by atoms with Gasteiger partial charge in [0.1, 0.15) is 0 Å². The Morgan fingerprint density at radius 1 is 1.24 bits per heavy atom. The molecule has 0 saturated heterocycles. The zero-order valence-corrected chi connectivity index (χ0v) is 21.3. The molecule has 2 heterocycles. The van der Waals surface area contributed by atoms with E-state index in [0.29, 0.717) is 12.6 Å². The summed E-state index contributed by atoms with van der Waals surface area (Å²) in [5.74, 6) is 0. The maximum absolute atomic E-state index is 10.0. The number of aliphatic hydroxyl groups is 1. The Morgan fingerprint density at radius 3 is 2.70 bits per heavy atom. The second-order valence-corrected chi connectivity index (χ2v) is 8.51. The standard InChI is InChI=1S/C22H36N6O.C4H8/c1-4-23-12-13-27(5-2)17-28-16-25-19(21(28)15-29)14-26(3)20-10-6-8-18-9-7-11-24-22(18)20;1-3-4-2/h7,9,11,16,20,23,29H,4-6,8,10,12-15,17H2,1-3H3;3-4H,1-2H3/b;4-3-/t20-;/m0./s1. The Bertz CT molecular complexity index is 830. The third-order valence-electron chi connectivity index (χ3n) is 6.27. The lowest BCUT2D eigenvalue weighted by Crippen LogP contribution is -2.34. The van der Waals surface area contributed by atoms with E-state index in [1.807, 2.05) is 44.6 Å². The van der Waals surface area contributed by atoms with Crippen LogP contribution in [0, 0.1) is 0 Å². The molecule has 0 saturated carbocycles. The highest BCUT2D eigenvalue weighted by molar-refractivity contribution is 5.26. The number of rotatable bonds is 11. The Balaban J connectivity index is 0.000000890. The van der Waals surface area contributed by atoms with Crippen LogP contribution in [0.3, 0.4) is 0 Å². The van der Waals surface area contributed by atoms with E-state index in [0.717, 1.165) is 57.1 Å². The van der Waals surface area contributed by atoms with E-state index in [-0.39, 0.29) is 6.61 Å². The van der Waals surface area contributed by atoms with Crippen molar-refractivity contribution in [1.82, 2.24) is 29.7 Å². The third-order valence-corrected chi connectivity index (χ3v) is 6.27. The highest BCUT2D eigenvalue weighted by Gasteiger charge is 2.26. The number of fused-ring (bicyclic) bond motifs is 1. The van der Waals surface area contributed by atoms with E-state index in [2.05, 4.69) is 56.6 Å².